The molecule has 0 saturated heterocycles. The minimum Gasteiger partial charge on any atom is -0.468 e. The SMILES string of the molecule is COC(=O)CNC(=O)Cc1ccc(NC(=O)CCc2ccccc2N)cc1. The van der Waals surface area contributed by atoms with E-state index >= 15 is 0 Å². The molecule has 0 fully saturated rings. The highest BCUT2D eigenvalue weighted by molar-refractivity contribution is 5.91. The number of rotatable bonds is 8. The molecule has 0 aliphatic rings. The number of ether oxygens (including phenoxy) is 1. The lowest BCUT2D eigenvalue weighted by Gasteiger charge is -2.08. The van der Waals surface area contributed by atoms with Gasteiger partial charge in [0.1, 0.15) is 6.54 Å². The number of benzene rings is 2. The molecule has 2 rings (SSSR count). The lowest BCUT2D eigenvalue weighted by Crippen LogP contribution is -2.31. The molecule has 7 heteroatoms. The third-order valence-electron chi connectivity index (χ3n) is 3.94. The molecule has 27 heavy (non-hydrogen) atoms. The fourth-order valence-corrected chi connectivity index (χ4v) is 2.43. The van der Waals surface area contributed by atoms with Gasteiger partial charge in [0, 0.05) is 17.8 Å². The van der Waals surface area contributed by atoms with Crippen molar-refractivity contribution in [3.8, 4) is 0 Å². The number of carbonyl (C=O) groups is 3. The average molecular weight is 369 g/mol. The Bertz CT molecular complexity index is 803. The highest BCUT2D eigenvalue weighted by Gasteiger charge is 2.08. The molecule has 142 valence electrons. The molecule has 0 spiro atoms. The molecule has 0 heterocycles. The Balaban J connectivity index is 1.79. The average Bonchev–Trinajstić information content (AvgIpc) is 2.67. The number of nitrogens with two attached hydrogens (primary N) is 1. The minimum absolute atomic E-state index is 0.109. The Morgan fingerprint density at radius 1 is 1.00 bits per heavy atom. The predicted octanol–water partition coefficient (Wildman–Crippen LogP) is 1.67. The summed E-state index contributed by atoms with van der Waals surface area (Å²) in [7, 11) is 1.26. The Labute approximate surface area is 157 Å². The van der Waals surface area contributed by atoms with Crippen molar-refractivity contribution >= 4 is 29.2 Å². The van der Waals surface area contributed by atoms with E-state index in [1.54, 1.807) is 24.3 Å². The summed E-state index contributed by atoms with van der Waals surface area (Å²) in [5.41, 5.74) is 8.92. The summed E-state index contributed by atoms with van der Waals surface area (Å²) in [5.74, 6) is -0.891. The lowest BCUT2D eigenvalue weighted by molar-refractivity contribution is -0.141. The minimum atomic E-state index is -0.501. The zero-order valence-electron chi connectivity index (χ0n) is 15.2. The van der Waals surface area contributed by atoms with Gasteiger partial charge in [-0.05, 0) is 35.7 Å². The first-order valence-corrected chi connectivity index (χ1v) is 8.53. The van der Waals surface area contributed by atoms with E-state index < -0.39 is 5.97 Å². The van der Waals surface area contributed by atoms with E-state index in [9.17, 15) is 14.4 Å². The molecule has 0 bridgehead atoms. The van der Waals surface area contributed by atoms with Gasteiger partial charge in [-0.15, -0.1) is 0 Å². The van der Waals surface area contributed by atoms with Crippen LogP contribution in [0.4, 0.5) is 11.4 Å². The molecule has 0 atom stereocenters. The first-order valence-electron chi connectivity index (χ1n) is 8.53. The van der Waals surface area contributed by atoms with Crippen molar-refractivity contribution in [1.82, 2.24) is 5.32 Å². The van der Waals surface area contributed by atoms with Crippen molar-refractivity contribution < 1.29 is 19.1 Å². The summed E-state index contributed by atoms with van der Waals surface area (Å²) in [6.07, 6.45) is 1.03. The lowest BCUT2D eigenvalue weighted by atomic mass is 10.1. The van der Waals surface area contributed by atoms with Gasteiger partial charge < -0.3 is 21.1 Å². The van der Waals surface area contributed by atoms with Crippen LogP contribution in [0.3, 0.4) is 0 Å². The number of carbonyl (C=O) groups excluding carboxylic acids is 3. The summed E-state index contributed by atoms with van der Waals surface area (Å²) in [6, 6.07) is 14.4. The number of hydrogen-bond donors (Lipinski definition) is 3. The van der Waals surface area contributed by atoms with E-state index in [-0.39, 0.29) is 24.8 Å². The van der Waals surface area contributed by atoms with Crippen LogP contribution in [-0.4, -0.2) is 31.4 Å². The van der Waals surface area contributed by atoms with Crippen molar-refractivity contribution in [3.05, 3.63) is 59.7 Å². The van der Waals surface area contributed by atoms with Gasteiger partial charge in [0.25, 0.3) is 0 Å². The molecule has 2 amide bonds. The van der Waals surface area contributed by atoms with Crippen LogP contribution in [0.2, 0.25) is 0 Å². The first kappa shape index (κ1) is 20.0. The van der Waals surface area contributed by atoms with Crippen LogP contribution < -0.4 is 16.4 Å². The molecule has 0 aromatic heterocycles. The summed E-state index contributed by atoms with van der Waals surface area (Å²) < 4.78 is 4.46. The maximum absolute atomic E-state index is 12.1. The second-order valence-corrected chi connectivity index (χ2v) is 5.97. The molecule has 4 N–H and O–H groups in total. The number of aryl methyl sites for hydroxylation is 1. The maximum atomic E-state index is 12.1. The molecular weight excluding hydrogens is 346 g/mol. The third-order valence-corrected chi connectivity index (χ3v) is 3.94. The van der Waals surface area contributed by atoms with Gasteiger partial charge in [-0.1, -0.05) is 30.3 Å². The van der Waals surface area contributed by atoms with Gasteiger partial charge in [0.2, 0.25) is 11.8 Å². The quantitative estimate of drug-likeness (QED) is 0.484. The highest BCUT2D eigenvalue weighted by atomic mass is 16.5. The van der Waals surface area contributed by atoms with Crippen molar-refractivity contribution in [2.45, 2.75) is 19.3 Å². The van der Waals surface area contributed by atoms with Crippen molar-refractivity contribution in [2.75, 3.05) is 24.7 Å². The molecule has 0 aliphatic heterocycles. The van der Waals surface area contributed by atoms with E-state index in [4.69, 9.17) is 5.73 Å². The largest absolute Gasteiger partial charge is 0.468 e. The number of nitrogen functional groups attached to an aromatic ring is 1. The van der Waals surface area contributed by atoms with Crippen molar-refractivity contribution in [1.29, 1.82) is 0 Å². The van der Waals surface area contributed by atoms with Crippen molar-refractivity contribution in [2.24, 2.45) is 0 Å². The number of esters is 1. The van der Waals surface area contributed by atoms with Crippen LogP contribution in [0.25, 0.3) is 0 Å². The van der Waals surface area contributed by atoms with Gasteiger partial charge in [0.05, 0.1) is 13.5 Å². The maximum Gasteiger partial charge on any atom is 0.325 e. The van der Waals surface area contributed by atoms with Gasteiger partial charge in [0.15, 0.2) is 0 Å². The number of hydrogen-bond acceptors (Lipinski definition) is 5. The molecule has 0 radical (unpaired) electrons. The molecule has 2 aromatic rings. The predicted molar refractivity (Wildman–Crippen MR) is 103 cm³/mol. The van der Waals surface area contributed by atoms with Gasteiger partial charge in [-0.3, -0.25) is 14.4 Å². The second kappa shape index (κ2) is 9.96. The molecule has 7 nitrogen and oxygen atoms in total. The normalized spacial score (nSPS) is 10.1. The summed E-state index contributed by atoms with van der Waals surface area (Å²) in [6.45, 7) is -0.157. The molecule has 0 aliphatic carbocycles. The molecule has 0 unspecified atom stereocenters. The summed E-state index contributed by atoms with van der Waals surface area (Å²) in [4.78, 5) is 34.8. The van der Waals surface area contributed by atoms with Crippen LogP contribution in [0.1, 0.15) is 17.5 Å². The number of amides is 2. The van der Waals surface area contributed by atoms with E-state index in [1.165, 1.54) is 7.11 Å². The first-order chi connectivity index (χ1) is 13.0. The fourth-order valence-electron chi connectivity index (χ4n) is 2.43. The van der Waals surface area contributed by atoms with Crippen LogP contribution in [0.15, 0.2) is 48.5 Å². The number of anilines is 2. The highest BCUT2D eigenvalue weighted by Crippen LogP contribution is 2.14. The number of para-hydroxylation sites is 1. The third kappa shape index (κ3) is 6.81. The number of methoxy groups -OCH3 is 1. The van der Waals surface area contributed by atoms with Gasteiger partial charge in [-0.2, -0.15) is 0 Å². The van der Waals surface area contributed by atoms with Crippen LogP contribution in [0, 0.1) is 0 Å². The Morgan fingerprint density at radius 2 is 1.70 bits per heavy atom. The molecule has 0 saturated carbocycles. The zero-order valence-corrected chi connectivity index (χ0v) is 15.2. The zero-order chi connectivity index (χ0) is 19.6. The van der Waals surface area contributed by atoms with Gasteiger partial charge >= 0.3 is 5.97 Å². The smallest absolute Gasteiger partial charge is 0.325 e. The second-order valence-electron chi connectivity index (χ2n) is 5.97. The van der Waals surface area contributed by atoms with E-state index in [0.717, 1.165) is 11.1 Å². The van der Waals surface area contributed by atoms with Crippen molar-refractivity contribution in [3.63, 3.8) is 0 Å². The summed E-state index contributed by atoms with van der Waals surface area (Å²) >= 11 is 0. The Morgan fingerprint density at radius 3 is 2.37 bits per heavy atom. The van der Waals surface area contributed by atoms with E-state index in [0.29, 0.717) is 24.2 Å². The molecular formula is C20H23N3O4. The topological polar surface area (TPSA) is 111 Å². The Hall–Kier alpha value is -3.35. The Kier molecular flexibility index (Phi) is 7.37. The number of nitrogens with one attached hydrogen (secondary N) is 2. The van der Waals surface area contributed by atoms with E-state index in [1.807, 2.05) is 24.3 Å². The van der Waals surface area contributed by atoms with Crippen LogP contribution >= 0.6 is 0 Å². The van der Waals surface area contributed by atoms with E-state index in [2.05, 4.69) is 15.4 Å². The molecule has 2 aromatic carbocycles. The summed E-state index contributed by atoms with van der Waals surface area (Å²) in [5, 5.41) is 5.29. The monoisotopic (exact) mass is 369 g/mol. The fraction of sp³-hybridized carbons (Fsp3) is 0.250. The van der Waals surface area contributed by atoms with Crippen LogP contribution in [-0.2, 0) is 32.0 Å². The standard InChI is InChI=1S/C20H23N3O4/c1-27-20(26)13-22-19(25)12-14-6-9-16(10-7-14)23-18(24)11-8-15-4-2-3-5-17(15)21/h2-7,9-10H,8,11-13,21H2,1H3,(H,22,25)(H,23,24). The van der Waals surface area contributed by atoms with Crippen LogP contribution in [0.5, 0.6) is 0 Å². The van der Waals surface area contributed by atoms with Gasteiger partial charge in [-0.25, -0.2) is 0 Å².